The van der Waals surface area contributed by atoms with Crippen LogP contribution < -0.4 is 15.1 Å². The standard InChI is InChI=1S/C57H85O10PSi2/c1-15-63-68(59,64-16-2)43-55(58)62-42-52(67-69(13,14)56(6,7)8)40-46(5)39-51-38-45(4)37-50(66-51)25-23-24-49(61-41-47-30-32-48(60-12)33-31-47)36-44(3)34-35-65-70(57(9,10)11,53-26-19-17-20-27-53)54-28-21-18-22-29-54/h17-24,26-34,39,49-52H,4,15-16,25,35-38,40-43H2,1-3,5-14H3/b24-23+,44-34-,46-39+/t49?,50-,51-,52-/m1/s1. The average Bonchev–Trinajstić information content (AvgIpc) is 3.28. The number of hydrogen-bond acceptors (Lipinski definition) is 10. The van der Waals surface area contributed by atoms with E-state index >= 15 is 0 Å². The van der Waals surface area contributed by atoms with Gasteiger partial charge >= 0.3 is 13.6 Å². The Morgan fingerprint density at radius 3 is 1.99 bits per heavy atom. The quantitative estimate of drug-likeness (QED) is 0.0317. The molecule has 3 aromatic rings. The molecule has 1 aliphatic rings. The fourth-order valence-corrected chi connectivity index (χ4v) is 15.9. The summed E-state index contributed by atoms with van der Waals surface area (Å²) in [5, 5.41) is 2.33. The second-order valence-electron chi connectivity index (χ2n) is 21.0. The zero-order valence-corrected chi connectivity index (χ0v) is 47.6. The van der Waals surface area contributed by atoms with E-state index in [-0.39, 0.29) is 48.2 Å². The summed E-state index contributed by atoms with van der Waals surface area (Å²) in [7, 11) is -6.89. The van der Waals surface area contributed by atoms with E-state index in [2.05, 4.69) is 160 Å². The van der Waals surface area contributed by atoms with Gasteiger partial charge in [0.05, 0.1) is 58.0 Å². The molecule has 10 nitrogen and oxygen atoms in total. The van der Waals surface area contributed by atoms with Crippen LogP contribution in [0, 0.1) is 0 Å². The summed E-state index contributed by atoms with van der Waals surface area (Å²) in [6, 6.07) is 29.5. The first-order chi connectivity index (χ1) is 33.0. The van der Waals surface area contributed by atoms with Crippen LogP contribution in [0.1, 0.15) is 107 Å². The summed E-state index contributed by atoms with van der Waals surface area (Å²) >= 11 is 0. The van der Waals surface area contributed by atoms with Crippen molar-refractivity contribution in [3.63, 3.8) is 0 Å². The van der Waals surface area contributed by atoms with Gasteiger partial charge in [-0.2, -0.15) is 0 Å². The van der Waals surface area contributed by atoms with Crippen LogP contribution in [0.2, 0.25) is 23.2 Å². The minimum Gasteiger partial charge on any atom is -0.497 e. The van der Waals surface area contributed by atoms with Gasteiger partial charge in [-0.1, -0.05) is 162 Å². The molecule has 386 valence electrons. The monoisotopic (exact) mass is 1020 g/mol. The Morgan fingerprint density at radius 2 is 1.44 bits per heavy atom. The van der Waals surface area contributed by atoms with Gasteiger partial charge in [-0.05, 0) is 111 Å². The van der Waals surface area contributed by atoms with E-state index in [0.717, 1.165) is 35.3 Å². The molecule has 0 aromatic heterocycles. The summed E-state index contributed by atoms with van der Waals surface area (Å²) in [4.78, 5) is 13.0. The minimum absolute atomic E-state index is 0.0185. The molecule has 0 saturated carbocycles. The molecule has 1 aliphatic heterocycles. The van der Waals surface area contributed by atoms with Crippen molar-refractivity contribution in [3.8, 4) is 5.75 Å². The molecule has 3 aromatic carbocycles. The van der Waals surface area contributed by atoms with E-state index < -0.39 is 42.5 Å². The zero-order valence-electron chi connectivity index (χ0n) is 44.7. The summed E-state index contributed by atoms with van der Waals surface area (Å²) in [6.45, 7) is 31.2. The molecule has 1 saturated heterocycles. The van der Waals surface area contributed by atoms with Crippen LogP contribution in [0.15, 0.2) is 133 Å². The van der Waals surface area contributed by atoms with Crippen LogP contribution in [0.4, 0.5) is 0 Å². The third-order valence-electron chi connectivity index (χ3n) is 13.1. The fourth-order valence-electron chi connectivity index (χ4n) is 8.62. The number of rotatable bonds is 27. The molecule has 0 N–H and O–H groups in total. The molecule has 0 aliphatic carbocycles. The van der Waals surface area contributed by atoms with Gasteiger partial charge in [0.1, 0.15) is 18.5 Å². The van der Waals surface area contributed by atoms with Crippen molar-refractivity contribution in [1.29, 1.82) is 0 Å². The number of ether oxygens (including phenoxy) is 4. The highest BCUT2D eigenvalue weighted by Crippen LogP contribution is 2.48. The van der Waals surface area contributed by atoms with Gasteiger partial charge in [0.15, 0.2) is 8.32 Å². The lowest BCUT2D eigenvalue weighted by atomic mass is 9.95. The second-order valence-corrected chi connectivity index (χ2v) is 32.2. The molecule has 4 atom stereocenters. The molecule has 0 radical (unpaired) electrons. The molecule has 0 amide bonds. The van der Waals surface area contributed by atoms with Gasteiger partial charge in [0.25, 0.3) is 8.32 Å². The fraction of sp³-hybridized carbons (Fsp3) is 0.526. The highest BCUT2D eigenvalue weighted by atomic mass is 31.2. The lowest BCUT2D eigenvalue weighted by Gasteiger charge is -2.42. The van der Waals surface area contributed by atoms with Gasteiger partial charge in [-0.15, -0.1) is 0 Å². The number of hydrogen-bond donors (Lipinski definition) is 0. The van der Waals surface area contributed by atoms with E-state index in [0.29, 0.717) is 32.5 Å². The Labute approximate surface area is 424 Å². The molecule has 4 rings (SSSR count). The highest BCUT2D eigenvalue weighted by Gasteiger charge is 2.50. The van der Waals surface area contributed by atoms with Crippen molar-refractivity contribution in [2.75, 3.05) is 39.7 Å². The number of methoxy groups -OCH3 is 1. The first-order valence-electron chi connectivity index (χ1n) is 25.1. The van der Waals surface area contributed by atoms with Crippen LogP contribution in [-0.2, 0) is 48.1 Å². The van der Waals surface area contributed by atoms with Crippen LogP contribution in [0.5, 0.6) is 5.75 Å². The average molecular weight is 1020 g/mol. The largest absolute Gasteiger partial charge is 0.497 e. The van der Waals surface area contributed by atoms with Crippen molar-refractivity contribution in [2.24, 2.45) is 0 Å². The van der Waals surface area contributed by atoms with Crippen LogP contribution in [0.3, 0.4) is 0 Å². The van der Waals surface area contributed by atoms with Crippen molar-refractivity contribution < 1.29 is 46.2 Å². The van der Waals surface area contributed by atoms with Gasteiger partial charge in [-0.3, -0.25) is 9.36 Å². The molecule has 0 bridgehead atoms. The number of carbonyl (C=O) groups excluding carboxylic acids is 1. The van der Waals surface area contributed by atoms with Crippen LogP contribution >= 0.6 is 7.60 Å². The van der Waals surface area contributed by atoms with Crippen molar-refractivity contribution in [2.45, 2.75) is 156 Å². The SMILES string of the molecule is C=C1C[C@@H](C/C=C/C(C/C(C)=C\CO[Si](c2ccccc2)(c2ccccc2)C(C)(C)C)OCc2ccc(OC)cc2)O[C@@H](/C=C(\C)C[C@H](COC(=O)CP(=O)(OCC)OCC)O[Si](C)(C)C(C)(C)C)C1. The summed E-state index contributed by atoms with van der Waals surface area (Å²) < 4.78 is 62.2. The molecule has 1 heterocycles. The molecular formula is C57H85O10PSi2. The highest BCUT2D eigenvalue weighted by molar-refractivity contribution is 7.54. The topological polar surface area (TPSA) is 108 Å². The maximum absolute atomic E-state index is 13.1. The molecule has 0 spiro atoms. The van der Waals surface area contributed by atoms with E-state index in [1.165, 1.54) is 15.9 Å². The Balaban J connectivity index is 1.49. The van der Waals surface area contributed by atoms with Gasteiger partial charge in [-0.25, -0.2) is 0 Å². The second kappa shape index (κ2) is 27.4. The molecule has 13 heteroatoms. The molecular weight excluding hydrogens is 932 g/mol. The van der Waals surface area contributed by atoms with E-state index in [1.54, 1.807) is 21.0 Å². The van der Waals surface area contributed by atoms with Crippen molar-refractivity contribution >= 4 is 40.6 Å². The lowest BCUT2D eigenvalue weighted by molar-refractivity contribution is -0.143. The van der Waals surface area contributed by atoms with E-state index in [9.17, 15) is 9.36 Å². The van der Waals surface area contributed by atoms with Crippen LogP contribution in [-0.4, -0.2) is 86.7 Å². The van der Waals surface area contributed by atoms with E-state index in [1.807, 2.05) is 24.3 Å². The van der Waals surface area contributed by atoms with Crippen LogP contribution in [0.25, 0.3) is 0 Å². The van der Waals surface area contributed by atoms with E-state index in [4.69, 9.17) is 36.8 Å². The smallest absolute Gasteiger partial charge is 0.341 e. The first-order valence-corrected chi connectivity index (χ1v) is 31.6. The first kappa shape index (κ1) is 58.9. The number of esters is 1. The zero-order chi connectivity index (χ0) is 51.6. The summed E-state index contributed by atoms with van der Waals surface area (Å²) in [6.07, 6.45) is 10.9. The Morgan fingerprint density at radius 1 is 0.843 bits per heavy atom. The molecule has 1 unspecified atom stereocenters. The Hall–Kier alpha value is -3.69. The predicted molar refractivity (Wildman–Crippen MR) is 291 cm³/mol. The number of carbonyl (C=O) groups is 1. The van der Waals surface area contributed by atoms with Gasteiger partial charge in [0.2, 0.25) is 0 Å². The maximum atomic E-state index is 13.1. The summed E-state index contributed by atoms with van der Waals surface area (Å²) in [5.41, 5.74) is 4.46. The number of benzene rings is 3. The van der Waals surface area contributed by atoms with Gasteiger partial charge in [0, 0.05) is 0 Å². The lowest BCUT2D eigenvalue weighted by Crippen LogP contribution is -2.66. The minimum atomic E-state index is -3.60. The predicted octanol–water partition coefficient (Wildman–Crippen LogP) is 13.1. The van der Waals surface area contributed by atoms with Crippen molar-refractivity contribution in [1.82, 2.24) is 0 Å². The molecule has 1 fully saturated rings. The Kier molecular flexibility index (Phi) is 23.0. The third-order valence-corrected chi connectivity index (χ3v) is 24.6. The van der Waals surface area contributed by atoms with Crippen molar-refractivity contribution in [3.05, 3.63) is 138 Å². The maximum Gasteiger partial charge on any atom is 0.341 e. The third kappa shape index (κ3) is 18.1. The normalized spacial score (nSPS) is 17.7. The van der Waals surface area contributed by atoms with Gasteiger partial charge < -0.3 is 36.8 Å². The Bertz CT molecular complexity index is 2160. The molecule has 70 heavy (non-hydrogen) atoms. The summed E-state index contributed by atoms with van der Waals surface area (Å²) in [5.74, 6) is 0.168.